The predicted octanol–water partition coefficient (Wildman–Crippen LogP) is 3.17. The van der Waals surface area contributed by atoms with Gasteiger partial charge < -0.3 is 16.0 Å². The van der Waals surface area contributed by atoms with E-state index >= 15 is 0 Å². The number of nitriles is 1. The van der Waals surface area contributed by atoms with Crippen molar-refractivity contribution < 1.29 is 4.39 Å². The summed E-state index contributed by atoms with van der Waals surface area (Å²) < 4.78 is 15.2. The molecule has 28 heavy (non-hydrogen) atoms. The first kappa shape index (κ1) is 18.5. The van der Waals surface area contributed by atoms with Crippen LogP contribution >= 0.6 is 11.6 Å². The maximum absolute atomic E-state index is 13.6. The number of halogens is 2. The summed E-state index contributed by atoms with van der Waals surface area (Å²) in [4.78, 5) is 4.56. The van der Waals surface area contributed by atoms with Gasteiger partial charge in [-0.2, -0.15) is 14.9 Å². The summed E-state index contributed by atoms with van der Waals surface area (Å²) in [5.74, 6) is 0.929. The molecule has 4 rings (SSSR count). The van der Waals surface area contributed by atoms with E-state index in [1.54, 1.807) is 10.6 Å². The fourth-order valence-corrected chi connectivity index (χ4v) is 3.58. The van der Waals surface area contributed by atoms with Crippen molar-refractivity contribution in [2.24, 2.45) is 0 Å². The number of fused-ring (bicyclic) bond motifs is 1. The Balaban J connectivity index is 1.63. The summed E-state index contributed by atoms with van der Waals surface area (Å²) in [5.41, 5.74) is 1.56. The summed E-state index contributed by atoms with van der Waals surface area (Å²) in [6, 6.07) is 8.62. The number of rotatable bonds is 5. The van der Waals surface area contributed by atoms with Crippen molar-refractivity contribution >= 4 is 28.9 Å². The van der Waals surface area contributed by atoms with E-state index in [4.69, 9.17) is 11.6 Å². The molecule has 0 unspecified atom stereocenters. The third-order valence-electron chi connectivity index (χ3n) is 4.64. The van der Waals surface area contributed by atoms with Crippen LogP contribution in [0.3, 0.4) is 0 Å². The Labute approximate surface area is 166 Å². The van der Waals surface area contributed by atoms with Crippen molar-refractivity contribution in [2.45, 2.75) is 25.4 Å². The Kier molecular flexibility index (Phi) is 5.28. The van der Waals surface area contributed by atoms with Gasteiger partial charge in [-0.15, -0.1) is 0 Å². The van der Waals surface area contributed by atoms with Crippen LogP contribution in [0.4, 0.5) is 16.0 Å². The minimum atomic E-state index is -0.387. The minimum absolute atomic E-state index is 0.270. The van der Waals surface area contributed by atoms with Crippen LogP contribution in [-0.4, -0.2) is 33.7 Å². The van der Waals surface area contributed by atoms with E-state index in [0.29, 0.717) is 40.0 Å². The second-order valence-corrected chi connectivity index (χ2v) is 7.19. The zero-order chi connectivity index (χ0) is 19.5. The smallest absolute Gasteiger partial charge is 0.177 e. The van der Waals surface area contributed by atoms with Gasteiger partial charge in [0.25, 0.3) is 0 Å². The molecular weight excluding hydrogens is 381 g/mol. The van der Waals surface area contributed by atoms with E-state index in [1.165, 1.54) is 18.3 Å². The Morgan fingerprint density at radius 2 is 2.25 bits per heavy atom. The van der Waals surface area contributed by atoms with E-state index in [0.717, 1.165) is 25.9 Å². The van der Waals surface area contributed by atoms with Gasteiger partial charge in [-0.05, 0) is 43.1 Å². The number of benzene rings is 1. The number of hydrogen-bond acceptors (Lipinski definition) is 6. The first-order chi connectivity index (χ1) is 13.6. The molecule has 1 aliphatic rings. The van der Waals surface area contributed by atoms with Crippen LogP contribution in [-0.2, 0) is 6.54 Å². The standard InChI is InChI=1S/C19H19ClFN7/c20-14-4-12(5-15(21)6-14)9-24-18-7-17(26-16-2-1-3-23-11-16)27-19-13(8-22)10-25-28(18)19/h4-7,10,16,23-24H,1-3,9,11H2,(H,26,27)/t16-/m0/s1. The zero-order valence-corrected chi connectivity index (χ0v) is 15.8. The van der Waals surface area contributed by atoms with E-state index in [9.17, 15) is 9.65 Å². The number of nitrogens with one attached hydrogen (secondary N) is 3. The molecule has 1 atom stereocenters. The quantitative estimate of drug-likeness (QED) is 0.610. The normalized spacial score (nSPS) is 16.7. The van der Waals surface area contributed by atoms with Crippen molar-refractivity contribution in [1.82, 2.24) is 19.9 Å². The van der Waals surface area contributed by atoms with Gasteiger partial charge in [-0.25, -0.2) is 9.37 Å². The summed E-state index contributed by atoms with van der Waals surface area (Å²) >= 11 is 5.94. The number of anilines is 2. The SMILES string of the molecule is N#Cc1cnn2c(NCc3cc(F)cc(Cl)c3)cc(N[C@H]3CCCNC3)nc12. The lowest BCUT2D eigenvalue weighted by Gasteiger charge is -2.24. The lowest BCUT2D eigenvalue weighted by atomic mass is 10.1. The maximum atomic E-state index is 13.6. The molecule has 1 aromatic carbocycles. The first-order valence-corrected chi connectivity index (χ1v) is 9.45. The zero-order valence-electron chi connectivity index (χ0n) is 15.0. The molecule has 2 aromatic heterocycles. The third-order valence-corrected chi connectivity index (χ3v) is 4.86. The molecule has 3 heterocycles. The Bertz CT molecular complexity index is 1020. The summed E-state index contributed by atoms with van der Waals surface area (Å²) in [5, 5.41) is 24.0. The van der Waals surface area contributed by atoms with E-state index in [1.807, 2.05) is 6.07 Å². The molecule has 0 bridgehead atoms. The Morgan fingerprint density at radius 1 is 1.36 bits per heavy atom. The largest absolute Gasteiger partial charge is 0.366 e. The van der Waals surface area contributed by atoms with E-state index < -0.39 is 0 Å². The lowest BCUT2D eigenvalue weighted by Crippen LogP contribution is -2.38. The minimum Gasteiger partial charge on any atom is -0.366 e. The molecule has 7 nitrogen and oxygen atoms in total. The molecule has 1 saturated heterocycles. The lowest BCUT2D eigenvalue weighted by molar-refractivity contribution is 0.479. The van der Waals surface area contributed by atoms with Crippen LogP contribution in [0.5, 0.6) is 0 Å². The number of hydrogen-bond donors (Lipinski definition) is 3. The number of aromatic nitrogens is 3. The van der Waals surface area contributed by atoms with Crippen LogP contribution in [0.15, 0.2) is 30.5 Å². The van der Waals surface area contributed by atoms with Crippen LogP contribution in [0, 0.1) is 17.1 Å². The second-order valence-electron chi connectivity index (χ2n) is 6.75. The highest BCUT2D eigenvalue weighted by Crippen LogP contribution is 2.22. The molecule has 0 aliphatic carbocycles. The van der Waals surface area contributed by atoms with Crippen molar-refractivity contribution in [2.75, 3.05) is 23.7 Å². The summed E-state index contributed by atoms with van der Waals surface area (Å²) in [6.07, 6.45) is 3.63. The Hall–Kier alpha value is -2.89. The first-order valence-electron chi connectivity index (χ1n) is 9.07. The third kappa shape index (κ3) is 4.01. The highest BCUT2D eigenvalue weighted by molar-refractivity contribution is 6.30. The van der Waals surface area contributed by atoms with Crippen LogP contribution in [0.1, 0.15) is 24.0 Å². The van der Waals surface area contributed by atoms with Gasteiger partial charge in [0.05, 0.1) is 6.20 Å². The summed E-state index contributed by atoms with van der Waals surface area (Å²) in [7, 11) is 0. The molecule has 0 amide bonds. The van der Waals surface area contributed by atoms with E-state index in [2.05, 4.69) is 32.1 Å². The average molecular weight is 400 g/mol. The maximum Gasteiger partial charge on any atom is 0.177 e. The molecule has 0 radical (unpaired) electrons. The molecule has 0 spiro atoms. The summed E-state index contributed by atoms with van der Waals surface area (Å²) in [6.45, 7) is 2.24. The molecule has 3 N–H and O–H groups in total. The van der Waals surface area contributed by atoms with Gasteiger partial charge in [-0.1, -0.05) is 11.6 Å². The van der Waals surface area contributed by atoms with E-state index in [-0.39, 0.29) is 11.9 Å². The molecule has 1 fully saturated rings. The molecule has 0 saturated carbocycles. The number of piperidine rings is 1. The van der Waals surface area contributed by atoms with Crippen LogP contribution in [0.25, 0.3) is 5.65 Å². The van der Waals surface area contributed by atoms with Gasteiger partial charge in [0.1, 0.15) is 29.1 Å². The van der Waals surface area contributed by atoms with Crippen molar-refractivity contribution in [3.63, 3.8) is 0 Å². The van der Waals surface area contributed by atoms with Gasteiger partial charge in [0, 0.05) is 30.2 Å². The molecule has 3 aromatic rings. The van der Waals surface area contributed by atoms with Gasteiger partial charge in [-0.3, -0.25) is 0 Å². The fourth-order valence-electron chi connectivity index (χ4n) is 3.33. The molecule has 144 valence electrons. The highest BCUT2D eigenvalue weighted by Gasteiger charge is 2.16. The fraction of sp³-hybridized carbons (Fsp3) is 0.316. The van der Waals surface area contributed by atoms with Gasteiger partial charge in [0.2, 0.25) is 0 Å². The monoisotopic (exact) mass is 399 g/mol. The molecular formula is C19H19ClFN7. The van der Waals surface area contributed by atoms with Gasteiger partial charge >= 0.3 is 0 Å². The second kappa shape index (κ2) is 8.00. The topological polar surface area (TPSA) is 90.1 Å². The highest BCUT2D eigenvalue weighted by atomic mass is 35.5. The van der Waals surface area contributed by atoms with Gasteiger partial charge in [0.15, 0.2) is 5.65 Å². The molecule has 1 aliphatic heterocycles. The van der Waals surface area contributed by atoms with Crippen LogP contribution < -0.4 is 16.0 Å². The average Bonchev–Trinajstić information content (AvgIpc) is 3.09. The van der Waals surface area contributed by atoms with Crippen molar-refractivity contribution in [3.8, 4) is 6.07 Å². The van der Waals surface area contributed by atoms with Crippen LogP contribution in [0.2, 0.25) is 5.02 Å². The van der Waals surface area contributed by atoms with Crippen molar-refractivity contribution in [3.05, 3.63) is 52.4 Å². The number of nitrogens with zero attached hydrogens (tertiary/aromatic N) is 4. The molecule has 9 heteroatoms. The van der Waals surface area contributed by atoms with Crippen molar-refractivity contribution in [1.29, 1.82) is 5.26 Å². The predicted molar refractivity (Wildman–Crippen MR) is 106 cm³/mol. The Morgan fingerprint density at radius 3 is 3.00 bits per heavy atom.